The molecule has 2 unspecified atom stereocenters. The van der Waals surface area contributed by atoms with Crippen molar-refractivity contribution in [3.63, 3.8) is 0 Å². The van der Waals surface area contributed by atoms with E-state index in [1.54, 1.807) is 44.2 Å². The van der Waals surface area contributed by atoms with Gasteiger partial charge < -0.3 is 38.5 Å². The average molecular weight is 699 g/mol. The Morgan fingerprint density at radius 1 is 1.08 bits per heavy atom. The molecular formula is C32H37F3N2O12. The van der Waals surface area contributed by atoms with Crippen molar-refractivity contribution < 1.29 is 70.3 Å². The van der Waals surface area contributed by atoms with Crippen LogP contribution in [-0.2, 0) is 49.3 Å². The number of nitrogens with one attached hydrogen (secondary N) is 1. The van der Waals surface area contributed by atoms with Crippen LogP contribution in [0.3, 0.4) is 0 Å². The summed E-state index contributed by atoms with van der Waals surface area (Å²) in [4.78, 5) is 68.1. The number of amides is 1. The summed E-state index contributed by atoms with van der Waals surface area (Å²) in [6, 6.07) is 10.3. The zero-order chi connectivity index (χ0) is 36.1. The minimum Gasteiger partial charge on any atom is -0.493 e. The maximum Gasteiger partial charge on any atom is 0.411 e. The Kier molecular flexibility index (Phi) is 14.2. The lowest BCUT2D eigenvalue weighted by atomic mass is 9.91. The van der Waals surface area contributed by atoms with Crippen LogP contribution in [0.4, 0.5) is 13.2 Å². The fourth-order valence-electron chi connectivity index (χ4n) is 4.46. The normalized spacial score (nSPS) is 19.8. The SMILES string of the molecule is COc1ccnc(C(=O)NCC2COC(=O)C(Cc3ccccc3)[C@@H](OC(=O)C(C)C)[C@H](C)OC2=O)c1OCOC(=O)COCC(F)(F)F. The van der Waals surface area contributed by atoms with Gasteiger partial charge in [-0.05, 0) is 18.9 Å². The molecule has 268 valence electrons. The number of hydrogen-bond donors (Lipinski definition) is 1. The van der Waals surface area contributed by atoms with Crippen LogP contribution in [0.1, 0.15) is 36.8 Å². The molecule has 0 bridgehead atoms. The van der Waals surface area contributed by atoms with Crippen molar-refractivity contribution >= 4 is 29.8 Å². The number of carbonyl (C=O) groups excluding carboxylic acids is 5. The molecule has 1 fully saturated rings. The molecule has 3 rings (SSSR count). The number of benzene rings is 1. The molecule has 17 heteroatoms. The number of methoxy groups -OCH3 is 1. The molecule has 0 radical (unpaired) electrons. The number of carbonyl (C=O) groups is 5. The number of esters is 4. The second kappa shape index (κ2) is 18.0. The summed E-state index contributed by atoms with van der Waals surface area (Å²) in [5, 5.41) is 2.49. The maximum atomic E-state index is 13.4. The molecule has 1 aliphatic rings. The van der Waals surface area contributed by atoms with Gasteiger partial charge in [-0.2, -0.15) is 13.2 Å². The number of ether oxygens (including phenoxy) is 7. The Balaban J connectivity index is 1.71. The molecule has 49 heavy (non-hydrogen) atoms. The van der Waals surface area contributed by atoms with E-state index in [1.165, 1.54) is 26.3 Å². The number of cyclic esters (lactones) is 2. The van der Waals surface area contributed by atoms with Gasteiger partial charge in [0.25, 0.3) is 5.91 Å². The van der Waals surface area contributed by atoms with Crippen LogP contribution in [0, 0.1) is 17.8 Å². The molecular weight excluding hydrogens is 661 g/mol. The molecule has 1 saturated heterocycles. The van der Waals surface area contributed by atoms with Gasteiger partial charge in [-0.25, -0.2) is 9.78 Å². The fraction of sp³-hybridized carbons (Fsp3) is 0.500. The summed E-state index contributed by atoms with van der Waals surface area (Å²) in [5.41, 5.74) is 0.388. The Hall–Kier alpha value is -4.93. The van der Waals surface area contributed by atoms with Gasteiger partial charge in [0.05, 0.1) is 13.0 Å². The lowest BCUT2D eigenvalue weighted by molar-refractivity contribution is -0.183. The molecule has 1 aromatic heterocycles. The van der Waals surface area contributed by atoms with Crippen LogP contribution in [0.5, 0.6) is 11.5 Å². The number of halogens is 3. The van der Waals surface area contributed by atoms with Crippen LogP contribution >= 0.6 is 0 Å². The predicted octanol–water partition coefficient (Wildman–Crippen LogP) is 2.81. The molecule has 14 nitrogen and oxygen atoms in total. The van der Waals surface area contributed by atoms with E-state index in [1.807, 2.05) is 0 Å². The molecule has 2 heterocycles. The number of hydrogen-bond acceptors (Lipinski definition) is 13. The van der Waals surface area contributed by atoms with Crippen LogP contribution < -0.4 is 14.8 Å². The first-order valence-electron chi connectivity index (χ1n) is 15.1. The Morgan fingerprint density at radius 2 is 1.80 bits per heavy atom. The second-order valence-electron chi connectivity index (χ2n) is 11.1. The number of aromatic nitrogens is 1. The number of rotatable bonds is 14. The van der Waals surface area contributed by atoms with Crippen molar-refractivity contribution in [1.29, 1.82) is 0 Å². The summed E-state index contributed by atoms with van der Waals surface area (Å²) in [7, 11) is 1.25. The third-order valence-corrected chi connectivity index (χ3v) is 6.97. The van der Waals surface area contributed by atoms with E-state index in [0.717, 1.165) is 5.56 Å². The highest BCUT2D eigenvalue weighted by Gasteiger charge is 2.42. The van der Waals surface area contributed by atoms with Gasteiger partial charge in [-0.3, -0.25) is 19.2 Å². The topological polar surface area (TPSA) is 175 Å². The molecule has 1 aliphatic heterocycles. The van der Waals surface area contributed by atoms with Gasteiger partial charge in [0, 0.05) is 18.8 Å². The highest BCUT2D eigenvalue weighted by molar-refractivity contribution is 5.96. The molecule has 0 spiro atoms. The summed E-state index contributed by atoms with van der Waals surface area (Å²) < 4.78 is 72.9. The predicted molar refractivity (Wildman–Crippen MR) is 160 cm³/mol. The van der Waals surface area contributed by atoms with Gasteiger partial charge >= 0.3 is 30.1 Å². The van der Waals surface area contributed by atoms with E-state index in [4.69, 9.17) is 28.4 Å². The van der Waals surface area contributed by atoms with Crippen molar-refractivity contribution in [3.05, 3.63) is 53.9 Å². The van der Waals surface area contributed by atoms with E-state index in [-0.39, 0.29) is 23.6 Å². The van der Waals surface area contributed by atoms with Crippen molar-refractivity contribution in [3.8, 4) is 11.5 Å². The summed E-state index contributed by atoms with van der Waals surface area (Å²) in [6.07, 6.45) is -5.55. The van der Waals surface area contributed by atoms with Gasteiger partial charge in [-0.15, -0.1) is 0 Å². The Bertz CT molecular complexity index is 1450. The highest BCUT2D eigenvalue weighted by Crippen LogP contribution is 2.30. The number of alkyl halides is 3. The average Bonchev–Trinajstić information content (AvgIpc) is 3.08. The zero-order valence-corrected chi connectivity index (χ0v) is 27.2. The van der Waals surface area contributed by atoms with Gasteiger partial charge in [-0.1, -0.05) is 44.2 Å². The minimum absolute atomic E-state index is 0.0134. The third-order valence-electron chi connectivity index (χ3n) is 6.97. The van der Waals surface area contributed by atoms with Crippen LogP contribution in [0.25, 0.3) is 0 Å². The molecule has 4 atom stereocenters. The second-order valence-corrected chi connectivity index (χ2v) is 11.1. The molecule has 1 N–H and O–H groups in total. The lowest BCUT2D eigenvalue weighted by Crippen LogP contribution is -2.44. The van der Waals surface area contributed by atoms with E-state index >= 15 is 0 Å². The number of nitrogens with zero attached hydrogens (tertiary/aromatic N) is 1. The van der Waals surface area contributed by atoms with Gasteiger partial charge in [0.2, 0.25) is 6.79 Å². The maximum absolute atomic E-state index is 13.4. The first kappa shape index (κ1) is 38.5. The Labute approximate surface area is 279 Å². The lowest BCUT2D eigenvalue weighted by Gasteiger charge is -2.29. The smallest absolute Gasteiger partial charge is 0.411 e. The van der Waals surface area contributed by atoms with Crippen LogP contribution in [0.15, 0.2) is 42.6 Å². The van der Waals surface area contributed by atoms with Crippen LogP contribution in [-0.4, -0.2) is 93.4 Å². The molecule has 1 aromatic carbocycles. The standard InChI is InChI=1S/C32H37F3N2O12/c1-18(2)29(40)49-26-19(3)48-30(41)21(14-45-31(42)22(26)12-20-8-6-5-7-9-20)13-37-28(39)25-27(23(43-4)10-11-36-25)47-17-46-24(38)15-44-16-32(33,34)35/h5-11,18-19,21-22,26H,12-17H2,1-4H3,(H,37,39)/t19-,21?,22?,26-/m0/s1. The van der Waals surface area contributed by atoms with Gasteiger partial charge in [0.15, 0.2) is 23.3 Å². The first-order valence-corrected chi connectivity index (χ1v) is 15.1. The van der Waals surface area contributed by atoms with Crippen LogP contribution in [0.2, 0.25) is 0 Å². The molecule has 0 aliphatic carbocycles. The summed E-state index contributed by atoms with van der Waals surface area (Å²) >= 11 is 0. The zero-order valence-electron chi connectivity index (χ0n) is 27.2. The highest BCUT2D eigenvalue weighted by atomic mass is 19.4. The monoisotopic (exact) mass is 698 g/mol. The van der Waals surface area contributed by atoms with Crippen molar-refractivity contribution in [2.75, 3.05) is 40.3 Å². The fourth-order valence-corrected chi connectivity index (χ4v) is 4.46. The van der Waals surface area contributed by atoms with Crippen molar-refractivity contribution in [2.24, 2.45) is 17.8 Å². The van der Waals surface area contributed by atoms with E-state index in [9.17, 15) is 37.1 Å². The third kappa shape index (κ3) is 11.9. The van der Waals surface area contributed by atoms with Gasteiger partial charge in [0.1, 0.15) is 37.8 Å². The molecule has 0 saturated carbocycles. The van der Waals surface area contributed by atoms with E-state index in [0.29, 0.717) is 0 Å². The van der Waals surface area contributed by atoms with Crippen molar-refractivity contribution in [2.45, 2.75) is 45.6 Å². The molecule has 1 amide bonds. The minimum atomic E-state index is -4.64. The quantitative estimate of drug-likeness (QED) is 0.173. The summed E-state index contributed by atoms with van der Waals surface area (Å²) in [5.74, 6) is -7.30. The van der Waals surface area contributed by atoms with E-state index in [2.05, 4.69) is 15.0 Å². The van der Waals surface area contributed by atoms with Crippen molar-refractivity contribution in [1.82, 2.24) is 10.3 Å². The summed E-state index contributed by atoms with van der Waals surface area (Å²) in [6.45, 7) is 0.341. The number of pyridine rings is 1. The first-order chi connectivity index (χ1) is 23.2. The molecule has 2 aromatic rings. The Morgan fingerprint density at radius 3 is 2.45 bits per heavy atom. The van der Waals surface area contributed by atoms with E-state index < -0.39 is 99.1 Å². The largest absolute Gasteiger partial charge is 0.493 e.